The number of hydrogen-bond donors (Lipinski definition) is 1. The molecule has 0 atom stereocenters. The SMILES string of the molecule is CN=C(NCCCCCCC(=O)OC)N1CCN(Cc2ccon2)CC1. The lowest BCUT2D eigenvalue weighted by molar-refractivity contribution is -0.140. The number of carbonyl (C=O) groups excluding carboxylic acids is 1. The van der Waals surface area contributed by atoms with Gasteiger partial charge < -0.3 is 19.5 Å². The molecule has 1 aromatic rings. The van der Waals surface area contributed by atoms with Crippen LogP contribution in [0.1, 0.15) is 37.8 Å². The highest BCUT2D eigenvalue weighted by Crippen LogP contribution is 2.08. The number of carbonyl (C=O) groups is 1. The van der Waals surface area contributed by atoms with E-state index >= 15 is 0 Å². The zero-order valence-electron chi connectivity index (χ0n) is 15.9. The number of guanidine groups is 1. The van der Waals surface area contributed by atoms with Crippen molar-refractivity contribution >= 4 is 11.9 Å². The summed E-state index contributed by atoms with van der Waals surface area (Å²) in [6.45, 7) is 5.63. The van der Waals surface area contributed by atoms with Crippen LogP contribution in [0.5, 0.6) is 0 Å². The Morgan fingerprint density at radius 1 is 1.27 bits per heavy atom. The molecule has 0 saturated carbocycles. The van der Waals surface area contributed by atoms with E-state index in [9.17, 15) is 4.79 Å². The minimum Gasteiger partial charge on any atom is -0.469 e. The quantitative estimate of drug-likeness (QED) is 0.307. The predicted molar refractivity (Wildman–Crippen MR) is 99.8 cm³/mol. The number of aliphatic imine (C=N–C) groups is 1. The van der Waals surface area contributed by atoms with E-state index < -0.39 is 0 Å². The molecule has 0 aromatic carbocycles. The number of esters is 1. The van der Waals surface area contributed by atoms with Crippen LogP contribution in [0.25, 0.3) is 0 Å². The molecule has 0 unspecified atom stereocenters. The molecule has 0 spiro atoms. The molecule has 0 amide bonds. The average molecular weight is 365 g/mol. The van der Waals surface area contributed by atoms with Crippen molar-refractivity contribution < 1.29 is 14.1 Å². The Bertz CT molecular complexity index is 539. The van der Waals surface area contributed by atoms with Crippen molar-refractivity contribution in [3.8, 4) is 0 Å². The molecule has 8 nitrogen and oxygen atoms in total. The van der Waals surface area contributed by atoms with E-state index in [1.807, 2.05) is 13.1 Å². The topological polar surface area (TPSA) is 83.2 Å². The third-order valence-corrected chi connectivity index (χ3v) is 4.58. The van der Waals surface area contributed by atoms with Gasteiger partial charge >= 0.3 is 5.97 Å². The summed E-state index contributed by atoms with van der Waals surface area (Å²) < 4.78 is 9.53. The molecule has 1 fully saturated rings. The molecule has 0 aliphatic carbocycles. The van der Waals surface area contributed by atoms with E-state index in [1.165, 1.54) is 7.11 Å². The lowest BCUT2D eigenvalue weighted by atomic mass is 10.1. The standard InChI is InChI=1S/C18H31N5O3/c1-19-18(20-9-6-4-3-5-7-17(24)25-2)23-12-10-22(11-13-23)15-16-8-14-26-21-16/h8,14H,3-7,9-13,15H2,1-2H3,(H,19,20). The lowest BCUT2D eigenvalue weighted by Crippen LogP contribution is -2.52. The van der Waals surface area contributed by atoms with Crippen LogP contribution in [0.4, 0.5) is 0 Å². The second-order valence-corrected chi connectivity index (χ2v) is 6.47. The number of ether oxygens (including phenoxy) is 1. The highest BCUT2D eigenvalue weighted by molar-refractivity contribution is 5.79. The van der Waals surface area contributed by atoms with E-state index in [0.29, 0.717) is 6.42 Å². The van der Waals surface area contributed by atoms with Gasteiger partial charge in [0.05, 0.1) is 12.8 Å². The van der Waals surface area contributed by atoms with Gasteiger partial charge in [0.25, 0.3) is 0 Å². The molecule has 1 aliphatic heterocycles. The molecular formula is C18H31N5O3. The summed E-state index contributed by atoms with van der Waals surface area (Å²) in [4.78, 5) is 20.1. The first-order chi connectivity index (χ1) is 12.7. The second kappa shape index (κ2) is 11.5. The summed E-state index contributed by atoms with van der Waals surface area (Å²) in [6, 6.07) is 1.91. The van der Waals surface area contributed by atoms with Gasteiger partial charge in [0.1, 0.15) is 6.26 Å². The maximum Gasteiger partial charge on any atom is 0.305 e. The van der Waals surface area contributed by atoms with Crippen LogP contribution < -0.4 is 5.32 Å². The van der Waals surface area contributed by atoms with Crippen molar-refractivity contribution in [2.24, 2.45) is 4.99 Å². The third kappa shape index (κ3) is 7.03. The Kier molecular flexibility index (Phi) is 8.95. The number of hydrogen-bond acceptors (Lipinski definition) is 6. The number of methoxy groups -OCH3 is 1. The molecule has 2 heterocycles. The van der Waals surface area contributed by atoms with E-state index in [2.05, 4.69) is 30.0 Å². The number of piperazine rings is 1. The van der Waals surface area contributed by atoms with Crippen LogP contribution in [0.15, 0.2) is 21.8 Å². The summed E-state index contributed by atoms with van der Waals surface area (Å²) in [5, 5.41) is 7.42. The highest BCUT2D eigenvalue weighted by atomic mass is 16.5. The van der Waals surface area contributed by atoms with Gasteiger partial charge in [0.15, 0.2) is 5.96 Å². The van der Waals surface area contributed by atoms with Crippen LogP contribution in [0.3, 0.4) is 0 Å². The van der Waals surface area contributed by atoms with Crippen LogP contribution in [0, 0.1) is 0 Å². The predicted octanol–water partition coefficient (Wildman–Crippen LogP) is 1.49. The normalized spacial score (nSPS) is 15.9. The summed E-state index contributed by atoms with van der Waals surface area (Å²) >= 11 is 0. The molecule has 26 heavy (non-hydrogen) atoms. The molecule has 1 aromatic heterocycles. The van der Waals surface area contributed by atoms with Crippen LogP contribution in [-0.2, 0) is 16.1 Å². The number of rotatable bonds is 9. The number of nitrogens with zero attached hydrogens (tertiary/aromatic N) is 4. The molecule has 8 heteroatoms. The Hall–Kier alpha value is -2.09. The second-order valence-electron chi connectivity index (χ2n) is 6.47. The fraction of sp³-hybridized carbons (Fsp3) is 0.722. The Morgan fingerprint density at radius 3 is 2.69 bits per heavy atom. The summed E-state index contributed by atoms with van der Waals surface area (Å²) in [5.41, 5.74) is 0.980. The molecule has 146 valence electrons. The fourth-order valence-electron chi connectivity index (χ4n) is 3.05. The molecule has 1 aliphatic rings. The first kappa shape index (κ1) is 20.2. The summed E-state index contributed by atoms with van der Waals surface area (Å²) in [7, 11) is 3.27. The zero-order chi connectivity index (χ0) is 18.6. The molecule has 1 saturated heterocycles. The van der Waals surface area contributed by atoms with Crippen molar-refractivity contribution in [2.75, 3.05) is 46.9 Å². The average Bonchev–Trinajstić information content (AvgIpc) is 3.17. The van der Waals surface area contributed by atoms with Gasteiger partial charge in [-0.3, -0.25) is 14.7 Å². The maximum absolute atomic E-state index is 11.0. The zero-order valence-corrected chi connectivity index (χ0v) is 15.9. The Balaban J connectivity index is 1.57. The van der Waals surface area contributed by atoms with Crippen LogP contribution in [-0.4, -0.2) is 73.8 Å². The molecule has 2 rings (SSSR count). The maximum atomic E-state index is 11.0. The molecule has 0 radical (unpaired) electrons. The van der Waals surface area contributed by atoms with Gasteiger partial charge in [-0.25, -0.2) is 0 Å². The molecule has 1 N–H and O–H groups in total. The number of aromatic nitrogens is 1. The smallest absolute Gasteiger partial charge is 0.305 e. The highest BCUT2D eigenvalue weighted by Gasteiger charge is 2.20. The third-order valence-electron chi connectivity index (χ3n) is 4.58. The fourth-order valence-corrected chi connectivity index (χ4v) is 3.05. The van der Waals surface area contributed by atoms with Gasteiger partial charge in [-0.1, -0.05) is 18.0 Å². The van der Waals surface area contributed by atoms with Crippen LogP contribution in [0.2, 0.25) is 0 Å². The van der Waals surface area contributed by atoms with Gasteiger partial charge in [0.2, 0.25) is 0 Å². The van der Waals surface area contributed by atoms with E-state index in [0.717, 1.165) is 76.6 Å². The van der Waals surface area contributed by atoms with Crippen molar-refractivity contribution in [1.29, 1.82) is 0 Å². The van der Waals surface area contributed by atoms with E-state index in [1.54, 1.807) is 6.26 Å². The van der Waals surface area contributed by atoms with E-state index in [-0.39, 0.29) is 5.97 Å². The number of nitrogens with one attached hydrogen (secondary N) is 1. The van der Waals surface area contributed by atoms with Gasteiger partial charge in [0, 0.05) is 58.8 Å². The number of unbranched alkanes of at least 4 members (excludes halogenated alkanes) is 3. The largest absolute Gasteiger partial charge is 0.469 e. The van der Waals surface area contributed by atoms with Crippen molar-refractivity contribution in [2.45, 2.75) is 38.6 Å². The monoisotopic (exact) mass is 365 g/mol. The first-order valence-electron chi connectivity index (χ1n) is 9.37. The summed E-state index contributed by atoms with van der Waals surface area (Å²) in [6.07, 6.45) is 6.26. The van der Waals surface area contributed by atoms with Crippen molar-refractivity contribution in [3.05, 3.63) is 18.0 Å². The first-order valence-corrected chi connectivity index (χ1v) is 9.37. The lowest BCUT2D eigenvalue weighted by Gasteiger charge is -2.36. The minimum atomic E-state index is -0.119. The molecule has 0 bridgehead atoms. The summed E-state index contributed by atoms with van der Waals surface area (Å²) in [5.74, 6) is 0.854. The molecular weight excluding hydrogens is 334 g/mol. The van der Waals surface area contributed by atoms with Crippen LogP contribution >= 0.6 is 0 Å². The Morgan fingerprint density at radius 2 is 2.04 bits per heavy atom. The van der Waals surface area contributed by atoms with E-state index in [4.69, 9.17) is 4.52 Å². The Labute approximate surface area is 155 Å². The minimum absolute atomic E-state index is 0.119. The van der Waals surface area contributed by atoms with Gasteiger partial charge in [-0.05, 0) is 12.8 Å². The van der Waals surface area contributed by atoms with Gasteiger partial charge in [-0.15, -0.1) is 0 Å². The van der Waals surface area contributed by atoms with Gasteiger partial charge in [-0.2, -0.15) is 0 Å². The van der Waals surface area contributed by atoms with Crippen molar-refractivity contribution in [1.82, 2.24) is 20.3 Å². The van der Waals surface area contributed by atoms with Crippen molar-refractivity contribution in [3.63, 3.8) is 0 Å².